The van der Waals surface area contributed by atoms with Gasteiger partial charge in [-0.15, -0.1) is 0 Å². The molecule has 0 atom stereocenters. The number of benzene rings is 2. The Bertz CT molecular complexity index is 1030. The second-order valence-electron chi connectivity index (χ2n) is 7.74. The Kier molecular flexibility index (Phi) is 6.48. The SMILES string of the molecule is CNC(=O)c1ccc(CN(CCC(=O)N2CCc3ccccc32)Cc2ccco2)cc1. The predicted octanol–water partition coefficient (Wildman–Crippen LogP) is 3.62. The fraction of sp³-hybridized carbons (Fsp3) is 0.280. The van der Waals surface area contributed by atoms with Crippen LogP contribution in [0.4, 0.5) is 5.69 Å². The van der Waals surface area contributed by atoms with Gasteiger partial charge < -0.3 is 14.6 Å². The van der Waals surface area contributed by atoms with E-state index in [2.05, 4.69) is 16.3 Å². The number of amides is 2. The van der Waals surface area contributed by atoms with Gasteiger partial charge >= 0.3 is 0 Å². The number of furan rings is 1. The van der Waals surface area contributed by atoms with Crippen molar-refractivity contribution in [3.63, 3.8) is 0 Å². The molecule has 0 aliphatic carbocycles. The zero-order valence-corrected chi connectivity index (χ0v) is 17.7. The molecule has 6 nitrogen and oxygen atoms in total. The number of fused-ring (bicyclic) bond motifs is 1. The third-order valence-corrected chi connectivity index (χ3v) is 5.64. The summed E-state index contributed by atoms with van der Waals surface area (Å²) in [5, 5.41) is 2.63. The standard InChI is InChI=1S/C25H27N3O3/c1-26-25(30)21-10-8-19(9-11-21)17-27(18-22-6-4-16-31-22)14-13-24(29)28-15-12-20-5-2-3-7-23(20)28/h2-11,16H,12-15,17-18H2,1H3,(H,26,30). The van der Waals surface area contributed by atoms with Crippen LogP contribution in [0.3, 0.4) is 0 Å². The van der Waals surface area contributed by atoms with Crippen LogP contribution in [0.2, 0.25) is 0 Å². The molecule has 160 valence electrons. The summed E-state index contributed by atoms with van der Waals surface area (Å²) in [7, 11) is 1.62. The molecule has 2 amide bonds. The number of hydrogen-bond donors (Lipinski definition) is 1. The predicted molar refractivity (Wildman–Crippen MR) is 120 cm³/mol. The number of rotatable bonds is 8. The number of nitrogens with one attached hydrogen (secondary N) is 1. The summed E-state index contributed by atoms with van der Waals surface area (Å²) < 4.78 is 5.53. The van der Waals surface area contributed by atoms with Crippen molar-refractivity contribution >= 4 is 17.5 Å². The second-order valence-corrected chi connectivity index (χ2v) is 7.74. The molecule has 2 heterocycles. The lowest BCUT2D eigenvalue weighted by Crippen LogP contribution is -2.33. The topological polar surface area (TPSA) is 65.8 Å². The third kappa shape index (κ3) is 5.03. The summed E-state index contributed by atoms with van der Waals surface area (Å²) >= 11 is 0. The van der Waals surface area contributed by atoms with Gasteiger partial charge in [-0.3, -0.25) is 14.5 Å². The van der Waals surface area contributed by atoms with Crippen molar-refractivity contribution < 1.29 is 14.0 Å². The minimum Gasteiger partial charge on any atom is -0.468 e. The number of carbonyl (C=O) groups is 2. The van der Waals surface area contributed by atoms with Crippen molar-refractivity contribution in [2.75, 3.05) is 25.0 Å². The maximum atomic E-state index is 13.0. The Balaban J connectivity index is 1.42. The number of para-hydroxylation sites is 1. The zero-order valence-electron chi connectivity index (χ0n) is 17.7. The third-order valence-electron chi connectivity index (χ3n) is 5.64. The van der Waals surface area contributed by atoms with Gasteiger partial charge in [0.05, 0.1) is 12.8 Å². The second kappa shape index (κ2) is 9.62. The average molecular weight is 418 g/mol. The van der Waals surface area contributed by atoms with Gasteiger partial charge in [0.25, 0.3) is 5.91 Å². The summed E-state index contributed by atoms with van der Waals surface area (Å²) in [6.07, 6.45) is 3.01. The Morgan fingerprint density at radius 2 is 1.84 bits per heavy atom. The summed E-state index contributed by atoms with van der Waals surface area (Å²) in [6.45, 7) is 2.65. The van der Waals surface area contributed by atoms with E-state index in [0.29, 0.717) is 31.6 Å². The first kappa shape index (κ1) is 20.9. The highest BCUT2D eigenvalue weighted by molar-refractivity contribution is 5.95. The molecule has 0 spiro atoms. The Hall–Kier alpha value is -3.38. The van der Waals surface area contributed by atoms with Crippen molar-refractivity contribution in [3.8, 4) is 0 Å². The van der Waals surface area contributed by atoms with E-state index in [4.69, 9.17) is 4.42 Å². The fourth-order valence-electron chi connectivity index (χ4n) is 3.99. The molecule has 0 fully saturated rings. The lowest BCUT2D eigenvalue weighted by Gasteiger charge is -2.23. The summed E-state index contributed by atoms with van der Waals surface area (Å²) in [5.74, 6) is 0.904. The molecule has 0 bridgehead atoms. The van der Waals surface area contributed by atoms with Crippen molar-refractivity contribution in [2.24, 2.45) is 0 Å². The molecule has 3 aromatic rings. The van der Waals surface area contributed by atoms with Crippen LogP contribution in [0.25, 0.3) is 0 Å². The number of nitrogens with zero attached hydrogens (tertiary/aromatic N) is 2. The van der Waals surface area contributed by atoms with Crippen molar-refractivity contribution in [1.29, 1.82) is 0 Å². The molecular formula is C25H27N3O3. The molecule has 0 saturated carbocycles. The quantitative estimate of drug-likeness (QED) is 0.608. The van der Waals surface area contributed by atoms with Gasteiger partial charge in [-0.05, 0) is 47.9 Å². The molecule has 0 saturated heterocycles. The van der Waals surface area contributed by atoms with Gasteiger partial charge in [0, 0.05) is 44.4 Å². The monoisotopic (exact) mass is 417 g/mol. The van der Waals surface area contributed by atoms with E-state index in [9.17, 15) is 9.59 Å². The first-order chi connectivity index (χ1) is 15.1. The number of carbonyl (C=O) groups excluding carboxylic acids is 2. The molecule has 1 aromatic heterocycles. The van der Waals surface area contributed by atoms with Crippen molar-refractivity contribution in [2.45, 2.75) is 25.9 Å². The lowest BCUT2D eigenvalue weighted by atomic mass is 10.1. The molecule has 6 heteroatoms. The molecule has 0 radical (unpaired) electrons. The van der Waals surface area contributed by atoms with Crippen LogP contribution >= 0.6 is 0 Å². The summed E-state index contributed by atoms with van der Waals surface area (Å²) in [6, 6.07) is 19.5. The van der Waals surface area contributed by atoms with Crippen LogP contribution < -0.4 is 10.2 Å². The maximum absolute atomic E-state index is 13.0. The van der Waals surface area contributed by atoms with Gasteiger partial charge in [0.1, 0.15) is 5.76 Å². The van der Waals surface area contributed by atoms with E-state index in [1.807, 2.05) is 59.5 Å². The normalized spacial score (nSPS) is 12.8. The molecule has 31 heavy (non-hydrogen) atoms. The summed E-state index contributed by atoms with van der Waals surface area (Å²) in [4.78, 5) is 28.8. The lowest BCUT2D eigenvalue weighted by molar-refractivity contribution is -0.118. The van der Waals surface area contributed by atoms with E-state index < -0.39 is 0 Å². The average Bonchev–Trinajstić information content (AvgIpc) is 3.47. The summed E-state index contributed by atoms with van der Waals surface area (Å²) in [5.41, 5.74) is 3.99. The van der Waals surface area contributed by atoms with Crippen LogP contribution in [-0.2, 0) is 24.3 Å². The highest BCUT2D eigenvalue weighted by atomic mass is 16.3. The first-order valence-corrected chi connectivity index (χ1v) is 10.6. The van der Waals surface area contributed by atoms with Crippen LogP contribution in [0.5, 0.6) is 0 Å². The fourth-order valence-corrected chi connectivity index (χ4v) is 3.99. The van der Waals surface area contributed by atoms with E-state index >= 15 is 0 Å². The highest BCUT2D eigenvalue weighted by Gasteiger charge is 2.24. The van der Waals surface area contributed by atoms with Gasteiger partial charge in [0.2, 0.25) is 5.91 Å². The van der Waals surface area contributed by atoms with Gasteiger partial charge in [0.15, 0.2) is 0 Å². The van der Waals surface area contributed by atoms with Gasteiger partial charge in [-0.25, -0.2) is 0 Å². The molecule has 4 rings (SSSR count). The van der Waals surface area contributed by atoms with E-state index in [1.54, 1.807) is 13.3 Å². The van der Waals surface area contributed by atoms with Crippen LogP contribution in [0.15, 0.2) is 71.3 Å². The van der Waals surface area contributed by atoms with Crippen LogP contribution in [0, 0.1) is 0 Å². The minimum atomic E-state index is -0.101. The Labute approximate surface area is 182 Å². The maximum Gasteiger partial charge on any atom is 0.251 e. The molecule has 0 unspecified atom stereocenters. The molecular weight excluding hydrogens is 390 g/mol. The highest BCUT2D eigenvalue weighted by Crippen LogP contribution is 2.28. The van der Waals surface area contributed by atoms with E-state index in [0.717, 1.165) is 30.0 Å². The molecule has 1 aliphatic rings. The molecule has 1 N–H and O–H groups in total. The van der Waals surface area contributed by atoms with Gasteiger partial charge in [-0.2, -0.15) is 0 Å². The van der Waals surface area contributed by atoms with Crippen molar-refractivity contribution in [1.82, 2.24) is 10.2 Å². The molecule has 2 aromatic carbocycles. The molecule has 1 aliphatic heterocycles. The zero-order chi connectivity index (χ0) is 21.6. The van der Waals surface area contributed by atoms with E-state index in [1.165, 1.54) is 5.56 Å². The number of anilines is 1. The van der Waals surface area contributed by atoms with Crippen LogP contribution in [0.1, 0.15) is 33.7 Å². The Morgan fingerprint density at radius 3 is 2.58 bits per heavy atom. The van der Waals surface area contributed by atoms with Gasteiger partial charge in [-0.1, -0.05) is 30.3 Å². The first-order valence-electron chi connectivity index (χ1n) is 10.6. The van der Waals surface area contributed by atoms with Crippen LogP contribution in [-0.4, -0.2) is 36.9 Å². The Morgan fingerprint density at radius 1 is 1.03 bits per heavy atom. The smallest absolute Gasteiger partial charge is 0.251 e. The number of hydrogen-bond acceptors (Lipinski definition) is 4. The van der Waals surface area contributed by atoms with E-state index in [-0.39, 0.29) is 11.8 Å². The minimum absolute atomic E-state index is 0.101. The largest absolute Gasteiger partial charge is 0.468 e. The van der Waals surface area contributed by atoms with Crippen molar-refractivity contribution in [3.05, 3.63) is 89.4 Å².